The summed E-state index contributed by atoms with van der Waals surface area (Å²) in [6.45, 7) is 6.25. The number of piperidine rings is 1. The number of carbonyl (C=O) groups is 1. The number of hydrogen-bond donors (Lipinski definition) is 1. The monoisotopic (exact) mass is 584 g/mol. The van der Waals surface area contributed by atoms with Crippen LogP contribution < -0.4 is 24.4 Å². The summed E-state index contributed by atoms with van der Waals surface area (Å²) >= 11 is 1.33. The minimum absolute atomic E-state index is 0.322. The largest absolute Gasteiger partial charge is 0.493 e. The van der Waals surface area contributed by atoms with Gasteiger partial charge in [-0.3, -0.25) is 0 Å². The Labute approximate surface area is 245 Å². The maximum Gasteiger partial charge on any atom is 0.350 e. The van der Waals surface area contributed by atoms with Gasteiger partial charge in [-0.1, -0.05) is 0 Å². The molecule has 1 aromatic carbocycles. The summed E-state index contributed by atoms with van der Waals surface area (Å²) < 4.78 is 21.7. The van der Waals surface area contributed by atoms with Crippen molar-refractivity contribution in [2.45, 2.75) is 45.7 Å². The molecule has 0 radical (unpaired) electrons. The van der Waals surface area contributed by atoms with Crippen LogP contribution in [0.5, 0.6) is 17.2 Å². The van der Waals surface area contributed by atoms with Crippen molar-refractivity contribution < 1.29 is 23.7 Å². The molecule has 2 aromatic heterocycles. The van der Waals surface area contributed by atoms with Crippen LogP contribution in [0.4, 0.5) is 11.6 Å². The van der Waals surface area contributed by atoms with E-state index in [-0.39, 0.29) is 5.97 Å². The summed E-state index contributed by atoms with van der Waals surface area (Å²) in [4.78, 5) is 31.8. The molecule has 0 saturated carbocycles. The molecule has 1 aliphatic rings. The second-order valence-corrected chi connectivity index (χ2v) is 11.1. The van der Waals surface area contributed by atoms with Crippen LogP contribution in [0.2, 0.25) is 0 Å². The van der Waals surface area contributed by atoms with Crippen LogP contribution in [0.15, 0.2) is 18.2 Å². The standard InChI is InChI=1S/C29H40N6O5S/c1-8-40-29(36)28-18(2)31-26(41-28)16-24-32-23(15-25(33-24)35-11-9-20(10-12-35)34(3)4)30-17-19-13-21(37-5)27(39-7)22(14-19)38-6/h13-15,20H,8-12,16-17H2,1-7H3,(H,30,32,33). The number of esters is 1. The fourth-order valence-corrected chi connectivity index (χ4v) is 5.86. The summed E-state index contributed by atoms with van der Waals surface area (Å²) in [6.07, 6.45) is 2.54. The fraction of sp³-hybridized carbons (Fsp3) is 0.517. The first-order valence-electron chi connectivity index (χ1n) is 13.7. The molecule has 4 rings (SSSR count). The van der Waals surface area contributed by atoms with E-state index in [1.807, 2.05) is 25.1 Å². The number of nitrogens with one attached hydrogen (secondary N) is 1. The molecule has 11 nitrogen and oxygen atoms in total. The number of thiazole rings is 1. The first kappa shape index (κ1) is 30.3. The van der Waals surface area contributed by atoms with E-state index in [0.717, 1.165) is 42.3 Å². The van der Waals surface area contributed by atoms with Gasteiger partial charge in [-0.15, -0.1) is 11.3 Å². The normalized spacial score (nSPS) is 13.8. The van der Waals surface area contributed by atoms with Crippen molar-refractivity contribution in [3.63, 3.8) is 0 Å². The van der Waals surface area contributed by atoms with Gasteiger partial charge in [0, 0.05) is 31.7 Å². The minimum Gasteiger partial charge on any atom is -0.493 e. The summed E-state index contributed by atoms with van der Waals surface area (Å²) in [5.41, 5.74) is 1.61. The Morgan fingerprint density at radius 3 is 2.32 bits per heavy atom. The second-order valence-electron chi connectivity index (χ2n) is 10.0. The fourth-order valence-electron chi connectivity index (χ4n) is 4.91. The lowest BCUT2D eigenvalue weighted by molar-refractivity contribution is 0.0531. The smallest absolute Gasteiger partial charge is 0.350 e. The van der Waals surface area contributed by atoms with Crippen LogP contribution >= 0.6 is 11.3 Å². The van der Waals surface area contributed by atoms with Crippen molar-refractivity contribution in [3.05, 3.63) is 45.2 Å². The maximum atomic E-state index is 12.3. The zero-order chi connectivity index (χ0) is 29.5. The molecule has 0 atom stereocenters. The van der Waals surface area contributed by atoms with E-state index in [2.05, 4.69) is 34.2 Å². The highest BCUT2D eigenvalue weighted by molar-refractivity contribution is 7.13. The molecule has 1 saturated heterocycles. The molecule has 222 valence electrons. The number of anilines is 2. The van der Waals surface area contributed by atoms with E-state index in [1.54, 1.807) is 28.3 Å². The van der Waals surface area contributed by atoms with Gasteiger partial charge in [-0.05, 0) is 58.5 Å². The Kier molecular flexibility index (Phi) is 10.2. The van der Waals surface area contributed by atoms with Crippen LogP contribution in [-0.2, 0) is 17.7 Å². The van der Waals surface area contributed by atoms with Gasteiger partial charge in [0.15, 0.2) is 11.5 Å². The molecule has 1 N–H and O–H groups in total. The molecule has 0 unspecified atom stereocenters. The lowest BCUT2D eigenvalue weighted by atomic mass is 10.0. The van der Waals surface area contributed by atoms with E-state index in [4.69, 9.17) is 28.9 Å². The molecule has 1 fully saturated rings. The third-order valence-corrected chi connectivity index (χ3v) is 8.22. The number of methoxy groups -OCH3 is 3. The predicted octanol–water partition coefficient (Wildman–Crippen LogP) is 4.18. The van der Waals surface area contributed by atoms with Gasteiger partial charge < -0.3 is 34.1 Å². The van der Waals surface area contributed by atoms with Crippen molar-refractivity contribution in [2.24, 2.45) is 0 Å². The molecule has 0 bridgehead atoms. The van der Waals surface area contributed by atoms with Gasteiger partial charge in [0.25, 0.3) is 0 Å². The van der Waals surface area contributed by atoms with Crippen LogP contribution in [-0.4, -0.2) is 87.0 Å². The number of rotatable bonds is 12. The Morgan fingerprint density at radius 1 is 1.05 bits per heavy atom. The summed E-state index contributed by atoms with van der Waals surface area (Å²) in [6, 6.07) is 6.39. The lowest BCUT2D eigenvalue weighted by Crippen LogP contribution is -2.42. The zero-order valence-corrected chi connectivity index (χ0v) is 25.8. The van der Waals surface area contributed by atoms with Crippen LogP contribution in [0.3, 0.4) is 0 Å². The molecule has 3 aromatic rings. The Balaban J connectivity index is 1.60. The van der Waals surface area contributed by atoms with Crippen LogP contribution in [0.1, 0.15) is 51.5 Å². The third kappa shape index (κ3) is 7.36. The first-order chi connectivity index (χ1) is 19.8. The Morgan fingerprint density at radius 2 is 1.73 bits per heavy atom. The molecule has 1 aliphatic heterocycles. The highest BCUT2D eigenvalue weighted by atomic mass is 32.1. The van der Waals surface area contributed by atoms with Crippen molar-refractivity contribution in [1.82, 2.24) is 19.9 Å². The van der Waals surface area contributed by atoms with Crippen molar-refractivity contribution in [2.75, 3.05) is 65.3 Å². The van der Waals surface area contributed by atoms with Gasteiger partial charge in [0.1, 0.15) is 27.3 Å². The van der Waals surface area contributed by atoms with Gasteiger partial charge in [-0.25, -0.2) is 19.7 Å². The van der Waals surface area contributed by atoms with E-state index in [0.29, 0.717) is 65.1 Å². The van der Waals surface area contributed by atoms with Crippen molar-refractivity contribution >= 4 is 28.9 Å². The molecule has 12 heteroatoms. The number of ether oxygens (including phenoxy) is 4. The SMILES string of the molecule is CCOC(=O)c1sc(Cc2nc(NCc3cc(OC)c(OC)c(OC)c3)cc(N3CCC(N(C)C)CC3)n2)nc1C. The average molecular weight is 585 g/mol. The molecule has 0 amide bonds. The number of aromatic nitrogens is 3. The van der Waals surface area contributed by atoms with E-state index in [1.165, 1.54) is 11.3 Å². The van der Waals surface area contributed by atoms with Crippen molar-refractivity contribution in [1.29, 1.82) is 0 Å². The quantitative estimate of drug-likeness (QED) is 0.310. The maximum absolute atomic E-state index is 12.3. The number of nitrogens with zero attached hydrogens (tertiary/aromatic N) is 5. The minimum atomic E-state index is -0.347. The molecular formula is C29H40N6O5S. The third-order valence-electron chi connectivity index (χ3n) is 7.09. The number of aryl methyl sites for hydroxylation is 1. The molecular weight excluding hydrogens is 544 g/mol. The van der Waals surface area contributed by atoms with Crippen LogP contribution in [0, 0.1) is 6.92 Å². The second kappa shape index (κ2) is 13.8. The van der Waals surface area contributed by atoms with Gasteiger partial charge in [-0.2, -0.15) is 0 Å². The van der Waals surface area contributed by atoms with Gasteiger partial charge in [0.2, 0.25) is 5.75 Å². The lowest BCUT2D eigenvalue weighted by Gasteiger charge is -2.36. The summed E-state index contributed by atoms with van der Waals surface area (Å²) in [7, 11) is 9.06. The highest BCUT2D eigenvalue weighted by Gasteiger charge is 2.23. The van der Waals surface area contributed by atoms with E-state index < -0.39 is 0 Å². The number of hydrogen-bond acceptors (Lipinski definition) is 12. The predicted molar refractivity (Wildman–Crippen MR) is 160 cm³/mol. The Bertz CT molecular complexity index is 1310. The molecule has 41 heavy (non-hydrogen) atoms. The molecule has 0 spiro atoms. The highest BCUT2D eigenvalue weighted by Crippen LogP contribution is 2.38. The van der Waals surface area contributed by atoms with E-state index >= 15 is 0 Å². The molecule has 0 aliphatic carbocycles. The Hall–Kier alpha value is -3.64. The first-order valence-corrected chi connectivity index (χ1v) is 14.5. The number of benzene rings is 1. The van der Waals surface area contributed by atoms with Crippen LogP contribution in [0.25, 0.3) is 0 Å². The zero-order valence-electron chi connectivity index (χ0n) is 24.9. The number of carbonyl (C=O) groups excluding carboxylic acids is 1. The van der Waals surface area contributed by atoms with E-state index in [9.17, 15) is 4.79 Å². The van der Waals surface area contributed by atoms with Gasteiger partial charge >= 0.3 is 5.97 Å². The molecule has 3 heterocycles. The van der Waals surface area contributed by atoms with Gasteiger partial charge in [0.05, 0.1) is 40.1 Å². The van der Waals surface area contributed by atoms with Crippen molar-refractivity contribution in [3.8, 4) is 17.2 Å². The topological polar surface area (TPSA) is 111 Å². The average Bonchev–Trinajstić information content (AvgIpc) is 3.34. The summed E-state index contributed by atoms with van der Waals surface area (Å²) in [5, 5.41) is 4.22. The summed E-state index contributed by atoms with van der Waals surface area (Å²) in [5.74, 6) is 3.59.